The zero-order valence-electron chi connectivity index (χ0n) is 14.9. The molecule has 0 aliphatic rings. The van der Waals surface area contributed by atoms with Crippen LogP contribution in [0, 0.1) is 0 Å². The Morgan fingerprint density at radius 2 is 1.62 bits per heavy atom. The SMILES string of the molecule is CN(C(=O)c1ccncc1)c1ccc(CNC(=O)C(C)(C)N)cc1.Cl.Cl. The van der Waals surface area contributed by atoms with Gasteiger partial charge in [-0.1, -0.05) is 12.1 Å². The molecule has 0 bridgehead atoms. The van der Waals surface area contributed by atoms with E-state index in [4.69, 9.17) is 5.73 Å². The van der Waals surface area contributed by atoms with Gasteiger partial charge in [0.05, 0.1) is 5.54 Å². The number of amides is 2. The van der Waals surface area contributed by atoms with E-state index in [1.54, 1.807) is 50.3 Å². The molecule has 0 unspecified atom stereocenters. The fraction of sp³-hybridized carbons (Fsp3) is 0.278. The third-order valence-corrected chi connectivity index (χ3v) is 3.59. The van der Waals surface area contributed by atoms with Crippen molar-refractivity contribution in [1.29, 1.82) is 0 Å². The summed E-state index contributed by atoms with van der Waals surface area (Å²) in [5.41, 5.74) is 7.11. The monoisotopic (exact) mass is 398 g/mol. The highest BCUT2D eigenvalue weighted by molar-refractivity contribution is 6.05. The molecular formula is C18H24Cl2N4O2. The molecule has 0 saturated carbocycles. The first-order valence-electron chi connectivity index (χ1n) is 7.63. The lowest BCUT2D eigenvalue weighted by molar-refractivity contribution is -0.125. The van der Waals surface area contributed by atoms with Gasteiger partial charge in [-0.2, -0.15) is 0 Å². The molecule has 0 aliphatic heterocycles. The molecule has 0 atom stereocenters. The van der Waals surface area contributed by atoms with Gasteiger partial charge in [-0.25, -0.2) is 0 Å². The van der Waals surface area contributed by atoms with Crippen LogP contribution in [-0.2, 0) is 11.3 Å². The highest BCUT2D eigenvalue weighted by Crippen LogP contribution is 2.16. The lowest BCUT2D eigenvalue weighted by Crippen LogP contribution is -2.48. The second-order valence-corrected chi connectivity index (χ2v) is 6.17. The van der Waals surface area contributed by atoms with E-state index in [0.29, 0.717) is 12.1 Å². The summed E-state index contributed by atoms with van der Waals surface area (Å²) < 4.78 is 0. The van der Waals surface area contributed by atoms with Crippen molar-refractivity contribution < 1.29 is 9.59 Å². The van der Waals surface area contributed by atoms with E-state index >= 15 is 0 Å². The molecule has 0 radical (unpaired) electrons. The Morgan fingerprint density at radius 3 is 2.12 bits per heavy atom. The van der Waals surface area contributed by atoms with E-state index in [2.05, 4.69) is 10.3 Å². The number of halogens is 2. The average Bonchev–Trinajstić information content (AvgIpc) is 2.58. The fourth-order valence-electron chi connectivity index (χ4n) is 2.05. The summed E-state index contributed by atoms with van der Waals surface area (Å²) in [7, 11) is 1.72. The van der Waals surface area contributed by atoms with Crippen molar-refractivity contribution in [1.82, 2.24) is 10.3 Å². The number of hydrogen-bond acceptors (Lipinski definition) is 4. The molecule has 2 rings (SSSR count). The summed E-state index contributed by atoms with van der Waals surface area (Å²) in [4.78, 5) is 29.6. The lowest BCUT2D eigenvalue weighted by atomic mass is 10.1. The molecule has 0 aliphatic carbocycles. The van der Waals surface area contributed by atoms with Gasteiger partial charge in [-0.3, -0.25) is 14.6 Å². The van der Waals surface area contributed by atoms with Gasteiger partial charge in [0.25, 0.3) is 5.91 Å². The van der Waals surface area contributed by atoms with Crippen LogP contribution >= 0.6 is 24.8 Å². The molecule has 2 aromatic rings. The minimum absolute atomic E-state index is 0. The van der Waals surface area contributed by atoms with Crippen molar-refractivity contribution in [3.05, 3.63) is 59.9 Å². The van der Waals surface area contributed by atoms with Crippen LogP contribution in [-0.4, -0.2) is 29.4 Å². The van der Waals surface area contributed by atoms with Crippen LogP contribution in [0.2, 0.25) is 0 Å². The number of pyridine rings is 1. The number of nitrogens with zero attached hydrogens (tertiary/aromatic N) is 2. The highest BCUT2D eigenvalue weighted by Gasteiger charge is 2.21. The van der Waals surface area contributed by atoms with E-state index in [1.807, 2.05) is 24.3 Å². The van der Waals surface area contributed by atoms with Gasteiger partial charge >= 0.3 is 0 Å². The molecule has 1 heterocycles. The first-order chi connectivity index (χ1) is 11.3. The number of anilines is 1. The molecule has 0 spiro atoms. The Hall–Kier alpha value is -2.15. The van der Waals surface area contributed by atoms with Gasteiger partial charge in [0.1, 0.15) is 0 Å². The van der Waals surface area contributed by atoms with Crippen molar-refractivity contribution in [3.63, 3.8) is 0 Å². The van der Waals surface area contributed by atoms with Crippen molar-refractivity contribution in [2.45, 2.75) is 25.9 Å². The molecule has 0 fully saturated rings. The van der Waals surface area contributed by atoms with Crippen molar-refractivity contribution in [2.75, 3.05) is 11.9 Å². The number of aromatic nitrogens is 1. The van der Waals surface area contributed by atoms with E-state index < -0.39 is 5.54 Å². The van der Waals surface area contributed by atoms with E-state index in [0.717, 1.165) is 11.3 Å². The van der Waals surface area contributed by atoms with Crippen molar-refractivity contribution in [2.24, 2.45) is 5.73 Å². The number of benzene rings is 1. The minimum atomic E-state index is -0.906. The van der Waals surface area contributed by atoms with Gasteiger partial charge in [0, 0.05) is 37.2 Å². The second kappa shape index (κ2) is 10.1. The zero-order valence-corrected chi connectivity index (χ0v) is 16.6. The summed E-state index contributed by atoms with van der Waals surface area (Å²) >= 11 is 0. The van der Waals surface area contributed by atoms with Crippen LogP contribution in [0.5, 0.6) is 0 Å². The van der Waals surface area contributed by atoms with E-state index in [-0.39, 0.29) is 36.6 Å². The molecule has 8 heteroatoms. The van der Waals surface area contributed by atoms with Crippen LogP contribution in [0.15, 0.2) is 48.8 Å². The maximum atomic E-state index is 12.4. The first-order valence-corrected chi connectivity index (χ1v) is 7.63. The second-order valence-electron chi connectivity index (χ2n) is 6.17. The van der Waals surface area contributed by atoms with Gasteiger partial charge < -0.3 is 16.0 Å². The van der Waals surface area contributed by atoms with Gasteiger partial charge in [-0.05, 0) is 43.7 Å². The topological polar surface area (TPSA) is 88.3 Å². The van der Waals surface area contributed by atoms with Crippen LogP contribution < -0.4 is 16.0 Å². The number of rotatable bonds is 5. The molecule has 0 saturated heterocycles. The number of nitrogens with two attached hydrogens (primary N) is 1. The summed E-state index contributed by atoms with van der Waals surface area (Å²) in [5, 5.41) is 2.78. The summed E-state index contributed by atoms with van der Waals surface area (Å²) in [5.74, 6) is -0.320. The quantitative estimate of drug-likeness (QED) is 0.809. The maximum Gasteiger partial charge on any atom is 0.258 e. The van der Waals surface area contributed by atoms with Crippen LogP contribution in [0.1, 0.15) is 29.8 Å². The van der Waals surface area contributed by atoms with E-state index in [9.17, 15) is 9.59 Å². The van der Waals surface area contributed by atoms with Crippen LogP contribution in [0.3, 0.4) is 0 Å². The van der Waals surface area contributed by atoms with Crippen LogP contribution in [0.25, 0.3) is 0 Å². The van der Waals surface area contributed by atoms with Crippen molar-refractivity contribution >= 4 is 42.3 Å². The van der Waals surface area contributed by atoms with E-state index in [1.165, 1.54) is 0 Å². The summed E-state index contributed by atoms with van der Waals surface area (Å²) in [6, 6.07) is 10.8. The first kappa shape index (κ1) is 23.9. The Kier molecular flexibility index (Phi) is 9.27. The molecule has 1 aromatic heterocycles. The van der Waals surface area contributed by atoms with Gasteiger partial charge in [0.15, 0.2) is 0 Å². The Labute approximate surface area is 166 Å². The standard InChI is InChI=1S/C18H22N4O2.2ClH/c1-18(2,19)17(24)21-12-13-4-6-15(7-5-13)22(3)16(23)14-8-10-20-11-9-14;;/h4-11H,12,19H2,1-3H3,(H,21,24);2*1H. The Bertz CT molecular complexity index is 716. The number of hydrogen-bond donors (Lipinski definition) is 2. The third kappa shape index (κ3) is 6.29. The molecule has 1 aromatic carbocycles. The summed E-state index contributed by atoms with van der Waals surface area (Å²) in [6.45, 7) is 3.71. The van der Waals surface area contributed by atoms with Crippen LogP contribution in [0.4, 0.5) is 5.69 Å². The number of nitrogens with one attached hydrogen (secondary N) is 1. The molecule has 6 nitrogen and oxygen atoms in total. The highest BCUT2D eigenvalue weighted by atomic mass is 35.5. The molecule has 26 heavy (non-hydrogen) atoms. The van der Waals surface area contributed by atoms with Crippen molar-refractivity contribution in [3.8, 4) is 0 Å². The predicted octanol–water partition coefficient (Wildman–Crippen LogP) is 2.56. The molecular weight excluding hydrogens is 375 g/mol. The minimum Gasteiger partial charge on any atom is -0.350 e. The maximum absolute atomic E-state index is 12.4. The Morgan fingerprint density at radius 1 is 1.08 bits per heavy atom. The Balaban J connectivity index is 0.00000312. The smallest absolute Gasteiger partial charge is 0.258 e. The number of carbonyl (C=O) groups is 2. The summed E-state index contributed by atoms with van der Waals surface area (Å²) in [6.07, 6.45) is 3.18. The third-order valence-electron chi connectivity index (χ3n) is 3.59. The van der Waals surface area contributed by atoms with Gasteiger partial charge in [0.2, 0.25) is 5.91 Å². The normalized spacial score (nSPS) is 10.2. The largest absolute Gasteiger partial charge is 0.350 e. The molecule has 3 N–H and O–H groups in total. The number of carbonyl (C=O) groups excluding carboxylic acids is 2. The molecule has 142 valence electrons. The average molecular weight is 399 g/mol. The fourth-order valence-corrected chi connectivity index (χ4v) is 2.05. The zero-order chi connectivity index (χ0) is 17.7. The molecule has 2 amide bonds. The van der Waals surface area contributed by atoms with Gasteiger partial charge in [-0.15, -0.1) is 24.8 Å². The predicted molar refractivity (Wildman–Crippen MR) is 108 cm³/mol. The lowest BCUT2D eigenvalue weighted by Gasteiger charge is -2.19.